The predicted molar refractivity (Wildman–Crippen MR) is 105 cm³/mol. The summed E-state index contributed by atoms with van der Waals surface area (Å²) in [4.78, 5) is 30.3. The fourth-order valence-electron chi connectivity index (χ4n) is 3.52. The number of hydrogen-bond donors (Lipinski definition) is 2. The first-order valence-corrected chi connectivity index (χ1v) is 9.31. The van der Waals surface area contributed by atoms with Gasteiger partial charge in [-0.05, 0) is 36.6 Å². The van der Waals surface area contributed by atoms with Gasteiger partial charge in [-0.25, -0.2) is 0 Å². The molecule has 144 valence electrons. The normalized spacial score (nSPS) is 14.9. The van der Waals surface area contributed by atoms with Crippen molar-refractivity contribution in [3.05, 3.63) is 54.1 Å². The summed E-state index contributed by atoms with van der Waals surface area (Å²) in [5.41, 5.74) is 2.75. The molecule has 7 nitrogen and oxygen atoms in total. The molecule has 0 saturated carbocycles. The molecule has 2 aromatic carbocycles. The molecular weight excluding hydrogens is 358 g/mol. The van der Waals surface area contributed by atoms with Gasteiger partial charge in [0.05, 0.1) is 6.42 Å². The van der Waals surface area contributed by atoms with Crippen LogP contribution in [-0.2, 0) is 16.0 Å². The van der Waals surface area contributed by atoms with E-state index in [1.807, 2.05) is 24.3 Å². The van der Waals surface area contributed by atoms with Crippen LogP contribution in [0.5, 0.6) is 0 Å². The molecule has 1 fully saturated rings. The number of piperidine rings is 1. The topological polar surface area (TPSA) is 95.7 Å². The quantitative estimate of drug-likeness (QED) is 0.706. The van der Waals surface area contributed by atoms with Gasteiger partial charge in [0.2, 0.25) is 5.91 Å². The summed E-state index contributed by atoms with van der Waals surface area (Å²) in [6.07, 6.45) is 1.25. The van der Waals surface area contributed by atoms with Crippen molar-refractivity contribution in [1.82, 2.24) is 4.98 Å². The van der Waals surface area contributed by atoms with Gasteiger partial charge >= 0.3 is 5.97 Å². The molecule has 0 unspecified atom stereocenters. The number of para-hydroxylation sites is 3. The zero-order valence-corrected chi connectivity index (χ0v) is 15.3. The first kappa shape index (κ1) is 18.0. The van der Waals surface area contributed by atoms with E-state index in [0.29, 0.717) is 43.2 Å². The maximum absolute atomic E-state index is 12.7. The third-order valence-corrected chi connectivity index (χ3v) is 5.04. The Morgan fingerprint density at radius 2 is 1.82 bits per heavy atom. The number of amides is 1. The van der Waals surface area contributed by atoms with E-state index in [1.54, 1.807) is 24.3 Å². The largest absolute Gasteiger partial charge is 0.481 e. The standard InChI is InChI=1S/C21H21N3O4/c25-19(26)13-15-5-1-2-6-16(15)22-20(27)14-9-11-24(12-10-14)21-23-17-7-3-4-8-18(17)28-21/h1-8,14H,9-13H2,(H,22,27)(H,25,26). The number of fused-ring (bicyclic) bond motifs is 1. The van der Waals surface area contributed by atoms with Crippen molar-refractivity contribution in [1.29, 1.82) is 0 Å². The Labute approximate surface area is 162 Å². The third kappa shape index (κ3) is 3.83. The number of carboxylic acid groups (broad SMARTS) is 1. The second-order valence-corrected chi connectivity index (χ2v) is 6.94. The van der Waals surface area contributed by atoms with Crippen molar-refractivity contribution in [3.63, 3.8) is 0 Å². The first-order valence-electron chi connectivity index (χ1n) is 9.31. The van der Waals surface area contributed by atoms with Crippen LogP contribution in [0.4, 0.5) is 11.7 Å². The van der Waals surface area contributed by atoms with Gasteiger partial charge in [0.1, 0.15) is 5.52 Å². The molecule has 4 rings (SSSR count). The number of carboxylic acids is 1. The van der Waals surface area contributed by atoms with Crippen molar-refractivity contribution in [2.45, 2.75) is 19.3 Å². The lowest BCUT2D eigenvalue weighted by Gasteiger charge is -2.30. The zero-order valence-electron chi connectivity index (χ0n) is 15.3. The molecule has 1 saturated heterocycles. The number of aliphatic carboxylic acids is 1. The van der Waals surface area contributed by atoms with Gasteiger partial charge in [0.15, 0.2) is 5.58 Å². The predicted octanol–water partition coefficient (Wildman–Crippen LogP) is 3.31. The minimum absolute atomic E-state index is 0.0740. The SMILES string of the molecule is O=C(O)Cc1ccccc1NC(=O)C1CCN(c2nc3ccccc3o2)CC1. The number of benzene rings is 2. The summed E-state index contributed by atoms with van der Waals surface area (Å²) in [5.74, 6) is -1.12. The molecule has 0 radical (unpaired) electrons. The van der Waals surface area contributed by atoms with E-state index in [1.165, 1.54) is 0 Å². The van der Waals surface area contributed by atoms with Gasteiger partial charge in [-0.2, -0.15) is 4.98 Å². The van der Waals surface area contributed by atoms with E-state index < -0.39 is 5.97 Å². The maximum atomic E-state index is 12.7. The highest BCUT2D eigenvalue weighted by atomic mass is 16.4. The summed E-state index contributed by atoms with van der Waals surface area (Å²) in [6.45, 7) is 1.36. The summed E-state index contributed by atoms with van der Waals surface area (Å²) in [5, 5.41) is 11.9. The second kappa shape index (κ2) is 7.72. The Morgan fingerprint density at radius 1 is 1.11 bits per heavy atom. The molecule has 3 aromatic rings. The lowest BCUT2D eigenvalue weighted by atomic mass is 9.96. The molecule has 0 aliphatic carbocycles. The molecule has 2 heterocycles. The van der Waals surface area contributed by atoms with E-state index in [-0.39, 0.29) is 18.2 Å². The Hall–Kier alpha value is -3.35. The fourth-order valence-corrected chi connectivity index (χ4v) is 3.52. The Bertz CT molecular complexity index is 973. The van der Waals surface area contributed by atoms with Gasteiger partial charge in [-0.3, -0.25) is 9.59 Å². The number of oxazole rings is 1. The van der Waals surface area contributed by atoms with Crippen LogP contribution in [0.1, 0.15) is 18.4 Å². The van der Waals surface area contributed by atoms with E-state index in [2.05, 4.69) is 15.2 Å². The molecule has 1 amide bonds. The lowest BCUT2D eigenvalue weighted by Crippen LogP contribution is -2.38. The highest BCUT2D eigenvalue weighted by Crippen LogP contribution is 2.27. The third-order valence-electron chi connectivity index (χ3n) is 5.04. The lowest BCUT2D eigenvalue weighted by molar-refractivity contribution is -0.136. The highest BCUT2D eigenvalue weighted by Gasteiger charge is 2.27. The van der Waals surface area contributed by atoms with Crippen molar-refractivity contribution in [2.75, 3.05) is 23.3 Å². The number of nitrogens with zero attached hydrogens (tertiary/aromatic N) is 2. The number of carbonyl (C=O) groups is 2. The molecule has 1 aliphatic heterocycles. The molecular formula is C21H21N3O4. The number of nitrogens with one attached hydrogen (secondary N) is 1. The molecule has 1 aliphatic rings. The van der Waals surface area contributed by atoms with Crippen molar-refractivity contribution >= 4 is 34.7 Å². The molecule has 7 heteroatoms. The van der Waals surface area contributed by atoms with Crippen molar-refractivity contribution in [3.8, 4) is 0 Å². The number of anilines is 2. The zero-order chi connectivity index (χ0) is 19.5. The second-order valence-electron chi connectivity index (χ2n) is 6.94. The van der Waals surface area contributed by atoms with Crippen LogP contribution in [0.15, 0.2) is 52.9 Å². The van der Waals surface area contributed by atoms with Crippen LogP contribution < -0.4 is 10.2 Å². The van der Waals surface area contributed by atoms with Crippen LogP contribution in [0, 0.1) is 5.92 Å². The smallest absolute Gasteiger partial charge is 0.307 e. The minimum atomic E-state index is -0.923. The summed E-state index contributed by atoms with van der Waals surface area (Å²) in [7, 11) is 0. The van der Waals surface area contributed by atoms with Crippen LogP contribution in [0.2, 0.25) is 0 Å². The highest BCUT2D eigenvalue weighted by molar-refractivity contribution is 5.94. The van der Waals surface area contributed by atoms with Gasteiger partial charge in [-0.1, -0.05) is 30.3 Å². The molecule has 2 N–H and O–H groups in total. The van der Waals surface area contributed by atoms with E-state index >= 15 is 0 Å². The summed E-state index contributed by atoms with van der Waals surface area (Å²) in [6, 6.07) is 15.3. The van der Waals surface area contributed by atoms with Gasteiger partial charge < -0.3 is 19.7 Å². The molecule has 1 aromatic heterocycles. The average molecular weight is 379 g/mol. The number of rotatable bonds is 5. The summed E-state index contributed by atoms with van der Waals surface area (Å²) >= 11 is 0. The molecule has 0 spiro atoms. The average Bonchev–Trinajstić information content (AvgIpc) is 3.13. The minimum Gasteiger partial charge on any atom is -0.481 e. The van der Waals surface area contributed by atoms with Gasteiger partial charge in [0.25, 0.3) is 6.01 Å². The Kier molecular flexibility index (Phi) is 4.97. The van der Waals surface area contributed by atoms with E-state index in [0.717, 1.165) is 11.1 Å². The van der Waals surface area contributed by atoms with Crippen LogP contribution in [0.25, 0.3) is 11.1 Å². The van der Waals surface area contributed by atoms with Crippen LogP contribution in [0.3, 0.4) is 0 Å². The van der Waals surface area contributed by atoms with Gasteiger partial charge in [-0.15, -0.1) is 0 Å². The molecule has 0 bridgehead atoms. The van der Waals surface area contributed by atoms with Crippen molar-refractivity contribution in [2.24, 2.45) is 5.92 Å². The van der Waals surface area contributed by atoms with Gasteiger partial charge in [0, 0.05) is 24.7 Å². The Morgan fingerprint density at radius 3 is 2.57 bits per heavy atom. The number of carbonyl (C=O) groups excluding carboxylic acids is 1. The molecule has 28 heavy (non-hydrogen) atoms. The maximum Gasteiger partial charge on any atom is 0.307 e. The fraction of sp³-hybridized carbons (Fsp3) is 0.286. The van der Waals surface area contributed by atoms with E-state index in [4.69, 9.17) is 9.52 Å². The van der Waals surface area contributed by atoms with Crippen molar-refractivity contribution < 1.29 is 19.1 Å². The Balaban J connectivity index is 1.38. The first-order chi connectivity index (χ1) is 13.6. The number of aromatic nitrogens is 1. The molecule has 0 atom stereocenters. The number of hydrogen-bond acceptors (Lipinski definition) is 5. The monoisotopic (exact) mass is 379 g/mol. The van der Waals surface area contributed by atoms with E-state index in [9.17, 15) is 9.59 Å². The van der Waals surface area contributed by atoms with Crippen LogP contribution in [-0.4, -0.2) is 35.1 Å². The van der Waals surface area contributed by atoms with Crippen LogP contribution >= 0.6 is 0 Å². The summed E-state index contributed by atoms with van der Waals surface area (Å²) < 4.78 is 5.81.